The van der Waals surface area contributed by atoms with E-state index in [9.17, 15) is 9.90 Å². The van der Waals surface area contributed by atoms with Crippen LogP contribution in [0.4, 0.5) is 4.79 Å². The van der Waals surface area contributed by atoms with E-state index in [1.165, 1.54) is 12.0 Å². The van der Waals surface area contributed by atoms with Gasteiger partial charge in [-0.05, 0) is 5.56 Å². The third-order valence-electron chi connectivity index (χ3n) is 3.73. The molecule has 1 N–H and O–H groups in total. The van der Waals surface area contributed by atoms with Crippen LogP contribution in [0, 0.1) is 0 Å². The van der Waals surface area contributed by atoms with Crippen LogP contribution < -0.4 is 0 Å². The van der Waals surface area contributed by atoms with Gasteiger partial charge in [0.15, 0.2) is 6.29 Å². The zero-order chi connectivity index (χ0) is 14.1. The quantitative estimate of drug-likeness (QED) is 0.884. The van der Waals surface area contributed by atoms with Gasteiger partial charge in [0.25, 0.3) is 0 Å². The molecule has 6 nitrogen and oxygen atoms in total. The van der Waals surface area contributed by atoms with Gasteiger partial charge in [-0.1, -0.05) is 30.3 Å². The van der Waals surface area contributed by atoms with Gasteiger partial charge in [0, 0.05) is 7.11 Å². The molecule has 1 aromatic rings. The number of likely N-dealkylation sites (tertiary alicyclic amines) is 1. The Balaban J connectivity index is 1.61. The van der Waals surface area contributed by atoms with Crippen molar-refractivity contribution in [3.8, 4) is 0 Å². The number of methoxy groups -OCH3 is 1. The first kappa shape index (κ1) is 13.4. The highest BCUT2D eigenvalue weighted by molar-refractivity contribution is 5.69. The normalized spacial score (nSPS) is 31.6. The predicted molar refractivity (Wildman–Crippen MR) is 68.8 cm³/mol. The van der Waals surface area contributed by atoms with Crippen molar-refractivity contribution >= 4 is 6.09 Å². The zero-order valence-electron chi connectivity index (χ0n) is 11.1. The van der Waals surface area contributed by atoms with E-state index in [1.54, 1.807) is 0 Å². The lowest BCUT2D eigenvalue weighted by molar-refractivity contribution is -0.162. The van der Waals surface area contributed by atoms with Crippen molar-refractivity contribution in [1.82, 2.24) is 4.90 Å². The first-order valence-electron chi connectivity index (χ1n) is 6.54. The smallest absolute Gasteiger partial charge is 0.410 e. The average Bonchev–Trinajstić information content (AvgIpc) is 2.98. The maximum absolute atomic E-state index is 12.1. The minimum Gasteiger partial charge on any atom is -0.445 e. The SMILES string of the molecule is COC1OC2CN(C(=O)OCc3ccccc3)C1C2O. The highest BCUT2D eigenvalue weighted by atomic mass is 16.7. The van der Waals surface area contributed by atoms with E-state index >= 15 is 0 Å². The van der Waals surface area contributed by atoms with Crippen molar-refractivity contribution in [3.63, 3.8) is 0 Å². The lowest BCUT2D eigenvalue weighted by atomic mass is 10.2. The van der Waals surface area contributed by atoms with Crippen molar-refractivity contribution in [2.24, 2.45) is 0 Å². The van der Waals surface area contributed by atoms with Crippen molar-refractivity contribution in [1.29, 1.82) is 0 Å². The molecule has 6 heteroatoms. The molecular weight excluding hydrogens is 262 g/mol. The van der Waals surface area contributed by atoms with Gasteiger partial charge in [0.1, 0.15) is 24.9 Å². The molecule has 0 aromatic heterocycles. The topological polar surface area (TPSA) is 68.2 Å². The van der Waals surface area contributed by atoms with Crippen molar-refractivity contribution in [2.75, 3.05) is 13.7 Å². The summed E-state index contributed by atoms with van der Waals surface area (Å²) in [6, 6.07) is 8.97. The molecule has 0 aliphatic carbocycles. The standard InChI is InChI=1S/C14H17NO5/c1-18-13-11-12(16)10(20-13)7-15(11)14(17)19-8-9-5-3-2-4-6-9/h2-6,10-13,16H,7-8H2,1H3. The van der Waals surface area contributed by atoms with Crippen LogP contribution >= 0.6 is 0 Å². The monoisotopic (exact) mass is 279 g/mol. The fourth-order valence-corrected chi connectivity index (χ4v) is 2.71. The van der Waals surface area contributed by atoms with E-state index in [4.69, 9.17) is 14.2 Å². The maximum Gasteiger partial charge on any atom is 0.410 e. The number of nitrogens with zero attached hydrogens (tertiary/aromatic N) is 1. The number of benzene rings is 1. The van der Waals surface area contributed by atoms with Crippen LogP contribution in [0.25, 0.3) is 0 Å². The van der Waals surface area contributed by atoms with Crippen molar-refractivity contribution in [2.45, 2.75) is 31.1 Å². The Kier molecular flexibility index (Phi) is 3.60. The number of carbonyl (C=O) groups is 1. The van der Waals surface area contributed by atoms with E-state index < -0.39 is 30.6 Å². The number of morpholine rings is 1. The summed E-state index contributed by atoms with van der Waals surface area (Å²) in [4.78, 5) is 13.6. The second-order valence-electron chi connectivity index (χ2n) is 4.95. The molecule has 0 spiro atoms. The van der Waals surface area contributed by atoms with Crippen LogP contribution in [-0.2, 0) is 20.8 Å². The molecule has 2 fully saturated rings. The second kappa shape index (κ2) is 5.40. The van der Waals surface area contributed by atoms with Gasteiger partial charge in [0.2, 0.25) is 0 Å². The highest BCUT2D eigenvalue weighted by Gasteiger charge is 2.56. The summed E-state index contributed by atoms with van der Waals surface area (Å²) in [5, 5.41) is 9.98. The van der Waals surface area contributed by atoms with Gasteiger partial charge in [-0.2, -0.15) is 0 Å². The number of rotatable bonds is 3. The molecule has 1 amide bonds. The van der Waals surface area contributed by atoms with Gasteiger partial charge < -0.3 is 19.3 Å². The Morgan fingerprint density at radius 3 is 2.85 bits per heavy atom. The molecule has 2 aliphatic rings. The van der Waals surface area contributed by atoms with Gasteiger partial charge in [-0.15, -0.1) is 0 Å². The number of hydrogen-bond donors (Lipinski definition) is 1. The lowest BCUT2D eigenvalue weighted by Gasteiger charge is -2.30. The molecule has 108 valence electrons. The Labute approximate surface area is 116 Å². The van der Waals surface area contributed by atoms with E-state index in [2.05, 4.69) is 0 Å². The van der Waals surface area contributed by atoms with Crippen LogP contribution in [0.15, 0.2) is 30.3 Å². The third-order valence-corrected chi connectivity index (χ3v) is 3.73. The lowest BCUT2D eigenvalue weighted by Crippen LogP contribution is -2.48. The second-order valence-corrected chi connectivity index (χ2v) is 4.95. The Morgan fingerprint density at radius 1 is 1.45 bits per heavy atom. The van der Waals surface area contributed by atoms with Crippen molar-refractivity contribution < 1.29 is 24.1 Å². The molecule has 2 aliphatic heterocycles. The van der Waals surface area contributed by atoms with Crippen LogP contribution in [0.2, 0.25) is 0 Å². The predicted octanol–water partition coefficient (Wildman–Crippen LogP) is 0.740. The molecule has 3 rings (SSSR count). The summed E-state index contributed by atoms with van der Waals surface area (Å²) in [5.41, 5.74) is 0.922. The first-order valence-corrected chi connectivity index (χ1v) is 6.54. The first-order chi connectivity index (χ1) is 9.70. The summed E-state index contributed by atoms with van der Waals surface area (Å²) in [6.07, 6.45) is -2.16. The van der Waals surface area contributed by atoms with Gasteiger partial charge >= 0.3 is 6.09 Å². The molecular formula is C14H17NO5. The van der Waals surface area contributed by atoms with Crippen LogP contribution in [0.5, 0.6) is 0 Å². The number of hydrogen-bond acceptors (Lipinski definition) is 5. The number of ether oxygens (including phenoxy) is 3. The Bertz CT molecular complexity index is 480. The molecule has 2 saturated heterocycles. The van der Waals surface area contributed by atoms with Crippen LogP contribution in [0.1, 0.15) is 5.56 Å². The molecule has 4 atom stereocenters. The van der Waals surface area contributed by atoms with Crippen LogP contribution in [-0.4, -0.2) is 54.3 Å². The molecule has 1 aromatic carbocycles. The maximum atomic E-state index is 12.1. The van der Waals surface area contributed by atoms with Gasteiger partial charge in [0.05, 0.1) is 6.54 Å². The number of aliphatic hydroxyl groups is 1. The minimum atomic E-state index is -0.718. The number of amides is 1. The molecule has 2 bridgehead atoms. The third kappa shape index (κ3) is 2.26. The highest BCUT2D eigenvalue weighted by Crippen LogP contribution is 2.34. The van der Waals surface area contributed by atoms with Gasteiger partial charge in [-0.25, -0.2) is 4.79 Å². The van der Waals surface area contributed by atoms with E-state index in [0.717, 1.165) is 5.56 Å². The summed E-state index contributed by atoms with van der Waals surface area (Å²) in [6.45, 7) is 0.543. The van der Waals surface area contributed by atoms with Crippen LogP contribution in [0.3, 0.4) is 0 Å². The molecule has 4 unspecified atom stereocenters. The number of aliphatic hydroxyl groups excluding tert-OH is 1. The minimum absolute atomic E-state index is 0.210. The van der Waals surface area contributed by atoms with Gasteiger partial charge in [-0.3, -0.25) is 4.90 Å². The van der Waals surface area contributed by atoms with E-state index in [0.29, 0.717) is 6.54 Å². The number of fused-ring (bicyclic) bond motifs is 2. The van der Waals surface area contributed by atoms with E-state index in [1.807, 2.05) is 30.3 Å². The number of carbonyl (C=O) groups excluding carboxylic acids is 1. The molecule has 20 heavy (non-hydrogen) atoms. The fourth-order valence-electron chi connectivity index (χ4n) is 2.71. The van der Waals surface area contributed by atoms with E-state index in [-0.39, 0.29) is 6.61 Å². The summed E-state index contributed by atoms with van der Waals surface area (Å²) >= 11 is 0. The Morgan fingerprint density at radius 2 is 2.20 bits per heavy atom. The molecule has 0 radical (unpaired) electrons. The summed E-state index contributed by atoms with van der Waals surface area (Å²) in [5.74, 6) is 0. The molecule has 2 heterocycles. The average molecular weight is 279 g/mol. The largest absolute Gasteiger partial charge is 0.445 e. The zero-order valence-corrected chi connectivity index (χ0v) is 11.1. The van der Waals surface area contributed by atoms with Crippen molar-refractivity contribution in [3.05, 3.63) is 35.9 Å². The Hall–Kier alpha value is -1.63. The summed E-state index contributed by atoms with van der Waals surface area (Å²) in [7, 11) is 1.49. The molecule has 0 saturated carbocycles. The fraction of sp³-hybridized carbons (Fsp3) is 0.500. The summed E-state index contributed by atoms with van der Waals surface area (Å²) < 4.78 is 15.8.